The van der Waals surface area contributed by atoms with Crippen LogP contribution in [0.5, 0.6) is 17.2 Å². The third-order valence-electron chi connectivity index (χ3n) is 7.12. The molecule has 0 aliphatic heterocycles. The number of unbranched alkanes of at least 4 members (excludes halogenated alkanes) is 8. The van der Waals surface area contributed by atoms with E-state index in [1.165, 1.54) is 48.9 Å². The molecule has 0 fully saturated rings. The molecular formula is C35H40F4O5. The Balaban J connectivity index is 1.55. The molecule has 238 valence electrons. The van der Waals surface area contributed by atoms with Gasteiger partial charge in [-0.25, -0.2) is 22.8 Å². The first-order chi connectivity index (χ1) is 21.2. The third-order valence-corrected chi connectivity index (χ3v) is 7.12. The molecule has 0 saturated heterocycles. The molecule has 0 aromatic heterocycles. The summed E-state index contributed by atoms with van der Waals surface area (Å²) in [4.78, 5) is 24.5. The molecule has 0 spiro atoms. The highest BCUT2D eigenvalue weighted by Crippen LogP contribution is 2.31. The summed E-state index contributed by atoms with van der Waals surface area (Å²) < 4.78 is 73.8. The van der Waals surface area contributed by atoms with Crippen molar-refractivity contribution in [1.29, 1.82) is 0 Å². The minimum absolute atomic E-state index is 0.0000460. The van der Waals surface area contributed by atoms with Gasteiger partial charge in [0, 0.05) is 11.6 Å². The van der Waals surface area contributed by atoms with Gasteiger partial charge >= 0.3 is 11.9 Å². The van der Waals surface area contributed by atoms with Gasteiger partial charge in [-0.15, -0.1) is 0 Å². The Morgan fingerprint density at radius 2 is 1.34 bits per heavy atom. The van der Waals surface area contributed by atoms with Crippen LogP contribution in [-0.2, 0) is 4.79 Å². The van der Waals surface area contributed by atoms with E-state index in [9.17, 15) is 27.2 Å². The number of hydrogen-bond acceptors (Lipinski definition) is 5. The Kier molecular flexibility index (Phi) is 14.2. The Labute approximate surface area is 256 Å². The molecule has 0 amide bonds. The number of halogens is 4. The fraction of sp³-hybridized carbons (Fsp3) is 0.429. The molecule has 0 heterocycles. The van der Waals surface area contributed by atoms with Crippen LogP contribution < -0.4 is 14.2 Å². The van der Waals surface area contributed by atoms with Crippen LogP contribution in [0.2, 0.25) is 0 Å². The number of alkyl halides is 1. The highest BCUT2D eigenvalue weighted by Gasteiger charge is 2.22. The van der Waals surface area contributed by atoms with Gasteiger partial charge in [0.05, 0.1) is 12.2 Å². The summed E-state index contributed by atoms with van der Waals surface area (Å²) in [7, 11) is 0. The van der Waals surface area contributed by atoms with Crippen molar-refractivity contribution in [2.75, 3.05) is 6.61 Å². The first-order valence-electron chi connectivity index (χ1n) is 15.3. The molecule has 0 bridgehead atoms. The second-order valence-electron chi connectivity index (χ2n) is 10.6. The van der Waals surface area contributed by atoms with E-state index in [2.05, 4.69) is 6.92 Å². The van der Waals surface area contributed by atoms with Crippen LogP contribution in [0, 0.1) is 17.5 Å². The minimum atomic E-state index is -1.83. The van der Waals surface area contributed by atoms with E-state index >= 15 is 0 Å². The zero-order valence-electron chi connectivity index (χ0n) is 25.3. The summed E-state index contributed by atoms with van der Waals surface area (Å²) in [5.41, 5.74) is -0.104. The summed E-state index contributed by atoms with van der Waals surface area (Å²) in [6.07, 6.45) is 7.74. The summed E-state index contributed by atoms with van der Waals surface area (Å²) in [6, 6.07) is 11.4. The highest BCUT2D eigenvalue weighted by molar-refractivity contribution is 5.91. The maximum atomic E-state index is 14.8. The van der Waals surface area contributed by atoms with E-state index in [0.29, 0.717) is 18.6 Å². The molecule has 3 aromatic carbocycles. The molecule has 44 heavy (non-hydrogen) atoms. The van der Waals surface area contributed by atoms with Gasteiger partial charge in [0.15, 0.2) is 17.7 Å². The number of carbonyl (C=O) groups is 2. The monoisotopic (exact) mass is 616 g/mol. The number of esters is 2. The van der Waals surface area contributed by atoms with Crippen molar-refractivity contribution in [1.82, 2.24) is 0 Å². The summed E-state index contributed by atoms with van der Waals surface area (Å²) in [5, 5.41) is 0. The number of hydrogen-bond donors (Lipinski definition) is 0. The Bertz CT molecular complexity index is 1360. The van der Waals surface area contributed by atoms with Gasteiger partial charge in [-0.3, -0.25) is 0 Å². The second-order valence-corrected chi connectivity index (χ2v) is 10.6. The van der Waals surface area contributed by atoms with Gasteiger partial charge in [0.1, 0.15) is 17.3 Å². The van der Waals surface area contributed by atoms with Gasteiger partial charge in [-0.2, -0.15) is 4.39 Å². The lowest BCUT2D eigenvalue weighted by Gasteiger charge is -2.11. The topological polar surface area (TPSA) is 61.8 Å². The molecule has 0 saturated carbocycles. The van der Waals surface area contributed by atoms with E-state index in [1.807, 2.05) is 6.92 Å². The number of ether oxygens (including phenoxy) is 3. The molecule has 0 aliphatic carbocycles. The van der Waals surface area contributed by atoms with Crippen LogP contribution >= 0.6 is 0 Å². The van der Waals surface area contributed by atoms with Crippen LogP contribution in [0.1, 0.15) is 94.8 Å². The quantitative estimate of drug-likeness (QED) is 0.0616. The lowest BCUT2D eigenvalue weighted by molar-refractivity contribution is -0.140. The fourth-order valence-corrected chi connectivity index (χ4v) is 4.57. The van der Waals surface area contributed by atoms with Crippen molar-refractivity contribution in [3.63, 3.8) is 0 Å². The Morgan fingerprint density at radius 3 is 2.02 bits per heavy atom. The number of carbonyl (C=O) groups excluding carboxylic acids is 2. The van der Waals surface area contributed by atoms with Crippen molar-refractivity contribution in [3.8, 4) is 28.4 Å². The van der Waals surface area contributed by atoms with Crippen LogP contribution in [0.15, 0.2) is 54.6 Å². The second kappa shape index (κ2) is 18.0. The van der Waals surface area contributed by atoms with Gasteiger partial charge in [0.2, 0.25) is 5.82 Å². The molecule has 9 heteroatoms. The normalized spacial score (nSPS) is 11.7. The van der Waals surface area contributed by atoms with Gasteiger partial charge in [-0.1, -0.05) is 77.3 Å². The Morgan fingerprint density at radius 1 is 0.705 bits per heavy atom. The smallest absolute Gasteiger partial charge is 0.346 e. The predicted octanol–water partition coefficient (Wildman–Crippen LogP) is 9.94. The van der Waals surface area contributed by atoms with Crippen LogP contribution in [-0.4, -0.2) is 24.7 Å². The molecule has 0 N–H and O–H groups in total. The molecule has 3 aromatic rings. The van der Waals surface area contributed by atoms with Crippen molar-refractivity contribution in [2.45, 2.75) is 90.6 Å². The van der Waals surface area contributed by atoms with E-state index in [4.69, 9.17) is 14.2 Å². The maximum absolute atomic E-state index is 14.8. The summed E-state index contributed by atoms with van der Waals surface area (Å²) in [5.74, 6) is -5.67. The molecule has 5 nitrogen and oxygen atoms in total. The third kappa shape index (κ3) is 10.4. The lowest BCUT2D eigenvalue weighted by atomic mass is 10.0. The Hall–Kier alpha value is -3.88. The standard InChI is InChI=1S/C35H40F4O5/c1-3-5-7-9-10-12-22-42-31-21-20-27(32(38)33(31)39)24-14-16-25(17-15-24)43-34(40)28-19-18-26(23-30(28)37)44-35(41)29(36)13-11-8-6-4-2/h14-21,23,29H,3-13,22H2,1-2H3. The van der Waals surface area contributed by atoms with Gasteiger partial charge in [0.25, 0.3) is 0 Å². The van der Waals surface area contributed by atoms with Crippen LogP contribution in [0.4, 0.5) is 17.6 Å². The first kappa shape index (κ1) is 34.6. The fourth-order valence-electron chi connectivity index (χ4n) is 4.57. The predicted molar refractivity (Wildman–Crippen MR) is 161 cm³/mol. The summed E-state index contributed by atoms with van der Waals surface area (Å²) in [6.45, 7) is 4.46. The van der Waals surface area contributed by atoms with Crippen LogP contribution in [0.3, 0.4) is 0 Å². The molecule has 1 atom stereocenters. The first-order valence-corrected chi connectivity index (χ1v) is 15.3. The van der Waals surface area contributed by atoms with E-state index in [-0.39, 0.29) is 29.2 Å². The molecule has 3 rings (SSSR count). The van der Waals surface area contributed by atoms with E-state index < -0.39 is 41.1 Å². The largest absolute Gasteiger partial charge is 0.490 e. The zero-order valence-corrected chi connectivity index (χ0v) is 25.3. The lowest BCUT2D eigenvalue weighted by Crippen LogP contribution is -2.22. The van der Waals surface area contributed by atoms with Gasteiger partial charge in [-0.05, 0) is 61.2 Å². The van der Waals surface area contributed by atoms with Crippen molar-refractivity contribution in [3.05, 3.63) is 77.6 Å². The average Bonchev–Trinajstić information content (AvgIpc) is 3.01. The minimum Gasteiger partial charge on any atom is -0.490 e. The summed E-state index contributed by atoms with van der Waals surface area (Å²) >= 11 is 0. The molecular weight excluding hydrogens is 576 g/mol. The average molecular weight is 617 g/mol. The van der Waals surface area contributed by atoms with Crippen molar-refractivity contribution >= 4 is 11.9 Å². The molecule has 0 aliphatic rings. The number of rotatable bonds is 18. The maximum Gasteiger partial charge on any atom is 0.346 e. The van der Waals surface area contributed by atoms with E-state index in [1.54, 1.807) is 0 Å². The molecule has 1 unspecified atom stereocenters. The zero-order chi connectivity index (χ0) is 31.9. The van der Waals surface area contributed by atoms with Crippen molar-refractivity contribution < 1.29 is 41.4 Å². The molecule has 0 radical (unpaired) electrons. The van der Waals surface area contributed by atoms with E-state index in [0.717, 1.165) is 63.5 Å². The van der Waals surface area contributed by atoms with Crippen molar-refractivity contribution in [2.24, 2.45) is 0 Å². The number of benzene rings is 3. The SMILES string of the molecule is CCCCCCCCOc1ccc(-c2ccc(OC(=O)c3ccc(OC(=O)C(F)CCCCCC)cc3F)cc2)c(F)c1F. The highest BCUT2D eigenvalue weighted by atomic mass is 19.2. The van der Waals surface area contributed by atoms with Crippen LogP contribution in [0.25, 0.3) is 11.1 Å². The van der Waals surface area contributed by atoms with Gasteiger partial charge < -0.3 is 14.2 Å².